The number of hydrogen-bond donors (Lipinski definition) is 1. The van der Waals surface area contributed by atoms with Gasteiger partial charge in [0.1, 0.15) is 6.04 Å². The van der Waals surface area contributed by atoms with Crippen molar-refractivity contribution in [2.75, 3.05) is 0 Å². The molecule has 1 unspecified atom stereocenters. The molecule has 0 aliphatic rings. The van der Waals surface area contributed by atoms with E-state index < -0.39 is 17.9 Å². The Morgan fingerprint density at radius 1 is 1.22 bits per heavy atom. The topological polar surface area (TPSA) is 71.7 Å². The van der Waals surface area contributed by atoms with Crippen molar-refractivity contribution in [1.29, 1.82) is 0 Å². The maximum atomic E-state index is 12.3. The first kappa shape index (κ1) is 15.9. The van der Waals surface area contributed by atoms with Crippen molar-refractivity contribution in [1.82, 2.24) is 4.57 Å². The summed E-state index contributed by atoms with van der Waals surface area (Å²) in [4.78, 5) is 28.6. The Bertz CT molecular complexity index is 970. The predicted molar refractivity (Wildman–Crippen MR) is 91.4 cm³/mol. The van der Waals surface area contributed by atoms with E-state index in [2.05, 4.69) is 4.99 Å². The number of nitrogens with zero attached hydrogens (tertiary/aromatic N) is 2. The number of thiazole rings is 1. The third-order valence-electron chi connectivity index (χ3n) is 3.26. The van der Waals surface area contributed by atoms with Crippen molar-refractivity contribution in [3.8, 4) is 0 Å². The number of aliphatic carboxylic acids is 1. The van der Waals surface area contributed by atoms with Crippen LogP contribution in [0.4, 0.5) is 0 Å². The summed E-state index contributed by atoms with van der Waals surface area (Å²) in [6.45, 7) is 1.56. The lowest BCUT2D eigenvalue weighted by atomic mass is 10.3. The molecule has 0 fully saturated rings. The van der Waals surface area contributed by atoms with Gasteiger partial charge in [0.2, 0.25) is 0 Å². The summed E-state index contributed by atoms with van der Waals surface area (Å²) in [5.41, 5.74) is 0.739. The number of carbonyl (C=O) groups excluding carboxylic acids is 1. The molecule has 0 saturated heterocycles. The van der Waals surface area contributed by atoms with Crippen LogP contribution < -0.4 is 4.80 Å². The second-order valence-electron chi connectivity index (χ2n) is 4.76. The average Bonchev–Trinajstić information content (AvgIpc) is 3.09. The van der Waals surface area contributed by atoms with E-state index in [1.54, 1.807) is 23.6 Å². The van der Waals surface area contributed by atoms with Crippen LogP contribution in [0.2, 0.25) is 4.34 Å². The fourth-order valence-corrected chi connectivity index (χ4v) is 4.15. The van der Waals surface area contributed by atoms with E-state index in [4.69, 9.17) is 11.6 Å². The molecule has 1 N–H and O–H groups in total. The molecule has 118 valence electrons. The first-order chi connectivity index (χ1) is 11.0. The van der Waals surface area contributed by atoms with Crippen molar-refractivity contribution in [2.45, 2.75) is 13.0 Å². The highest BCUT2D eigenvalue weighted by Gasteiger charge is 2.19. The summed E-state index contributed by atoms with van der Waals surface area (Å²) in [6, 6.07) is 9.78. The van der Waals surface area contributed by atoms with Crippen LogP contribution in [-0.2, 0) is 4.79 Å². The smallest absolute Gasteiger partial charge is 0.326 e. The van der Waals surface area contributed by atoms with Crippen molar-refractivity contribution in [3.63, 3.8) is 0 Å². The highest BCUT2D eigenvalue weighted by molar-refractivity contribution is 7.18. The van der Waals surface area contributed by atoms with E-state index in [0.29, 0.717) is 14.0 Å². The molecule has 1 atom stereocenters. The van der Waals surface area contributed by atoms with Gasteiger partial charge in [0.05, 0.1) is 19.4 Å². The minimum absolute atomic E-state index is 0.357. The molecule has 0 saturated carbocycles. The molecule has 2 aromatic heterocycles. The van der Waals surface area contributed by atoms with Gasteiger partial charge in [-0.15, -0.1) is 11.3 Å². The second-order valence-corrected chi connectivity index (χ2v) is 7.48. The molecule has 1 aromatic carbocycles. The summed E-state index contributed by atoms with van der Waals surface area (Å²) in [5, 5.41) is 9.33. The van der Waals surface area contributed by atoms with Gasteiger partial charge in [0.25, 0.3) is 5.91 Å². The van der Waals surface area contributed by atoms with Crippen LogP contribution >= 0.6 is 34.3 Å². The van der Waals surface area contributed by atoms with E-state index in [1.807, 2.05) is 24.3 Å². The quantitative estimate of drug-likeness (QED) is 0.766. The van der Waals surface area contributed by atoms with Crippen LogP contribution in [0.5, 0.6) is 0 Å². The molecule has 3 rings (SSSR count). The maximum absolute atomic E-state index is 12.3. The molecule has 8 heteroatoms. The zero-order valence-corrected chi connectivity index (χ0v) is 14.3. The van der Waals surface area contributed by atoms with Crippen LogP contribution in [0.1, 0.15) is 22.6 Å². The van der Waals surface area contributed by atoms with E-state index in [0.717, 1.165) is 21.6 Å². The molecule has 0 radical (unpaired) electrons. The number of benzene rings is 1. The predicted octanol–water partition coefficient (Wildman–Crippen LogP) is 3.80. The largest absolute Gasteiger partial charge is 0.480 e. The zero-order chi connectivity index (χ0) is 16.6. The minimum atomic E-state index is -0.985. The van der Waals surface area contributed by atoms with Crippen LogP contribution in [0, 0.1) is 0 Å². The number of thiophene rings is 1. The monoisotopic (exact) mass is 366 g/mol. The highest BCUT2D eigenvalue weighted by Crippen LogP contribution is 2.23. The molecular formula is C15H11ClN2O3S2. The number of rotatable bonds is 3. The summed E-state index contributed by atoms with van der Waals surface area (Å²) < 4.78 is 2.94. The van der Waals surface area contributed by atoms with Gasteiger partial charge in [-0.2, -0.15) is 4.99 Å². The number of carboxylic acid groups (broad SMARTS) is 1. The van der Waals surface area contributed by atoms with Gasteiger partial charge in [0, 0.05) is 0 Å². The molecule has 23 heavy (non-hydrogen) atoms. The molecule has 0 aliphatic carbocycles. The van der Waals surface area contributed by atoms with Crippen molar-refractivity contribution < 1.29 is 14.7 Å². The van der Waals surface area contributed by atoms with E-state index in [1.165, 1.54) is 11.3 Å². The number of fused-ring (bicyclic) bond motifs is 1. The van der Waals surface area contributed by atoms with Gasteiger partial charge in [-0.25, -0.2) is 4.79 Å². The molecule has 0 aliphatic heterocycles. The number of amides is 1. The molecule has 1 amide bonds. The number of halogens is 1. The molecule has 3 aromatic rings. The lowest BCUT2D eigenvalue weighted by Crippen LogP contribution is -2.25. The van der Waals surface area contributed by atoms with Gasteiger partial charge in [0.15, 0.2) is 4.80 Å². The Balaban J connectivity index is 2.20. The van der Waals surface area contributed by atoms with Gasteiger partial charge >= 0.3 is 5.97 Å². The number of para-hydroxylation sites is 1. The van der Waals surface area contributed by atoms with Crippen molar-refractivity contribution in [3.05, 3.63) is 50.4 Å². The van der Waals surface area contributed by atoms with Crippen molar-refractivity contribution in [2.24, 2.45) is 4.99 Å². The number of carboxylic acids is 1. The average molecular weight is 367 g/mol. The number of carbonyl (C=O) groups is 2. The van der Waals surface area contributed by atoms with E-state index >= 15 is 0 Å². The molecular weight excluding hydrogens is 356 g/mol. The van der Waals surface area contributed by atoms with Crippen LogP contribution in [0.3, 0.4) is 0 Å². The first-order valence-electron chi connectivity index (χ1n) is 6.64. The third-order valence-corrected chi connectivity index (χ3v) is 5.51. The standard InChI is InChI=1S/C15H11ClN2O3S2/c1-8(14(20)21)18-9-4-2-3-5-10(9)23-15(18)17-13(19)11-6-7-12(16)22-11/h2-8H,1H3,(H,20,21). The summed E-state index contributed by atoms with van der Waals surface area (Å²) in [7, 11) is 0. The van der Waals surface area contributed by atoms with E-state index in [9.17, 15) is 14.7 Å². The van der Waals surface area contributed by atoms with Gasteiger partial charge in [-0.3, -0.25) is 4.79 Å². The van der Waals surface area contributed by atoms with Gasteiger partial charge in [-0.05, 0) is 31.2 Å². The highest BCUT2D eigenvalue weighted by atomic mass is 35.5. The molecule has 0 bridgehead atoms. The fraction of sp³-hybridized carbons (Fsp3) is 0.133. The zero-order valence-electron chi connectivity index (χ0n) is 11.9. The Labute approximate surface area is 144 Å². The summed E-state index contributed by atoms with van der Waals surface area (Å²) >= 11 is 8.27. The molecule has 0 spiro atoms. The molecule has 2 heterocycles. The van der Waals surface area contributed by atoms with Crippen LogP contribution in [0.15, 0.2) is 41.4 Å². The third kappa shape index (κ3) is 3.08. The lowest BCUT2D eigenvalue weighted by molar-refractivity contribution is -0.140. The van der Waals surface area contributed by atoms with Crippen molar-refractivity contribution >= 4 is 56.4 Å². The number of hydrogen-bond acceptors (Lipinski definition) is 4. The Morgan fingerprint density at radius 2 is 1.96 bits per heavy atom. The van der Waals surface area contributed by atoms with Crippen LogP contribution in [-0.4, -0.2) is 21.6 Å². The first-order valence-corrected chi connectivity index (χ1v) is 8.65. The SMILES string of the molecule is CC(C(=O)O)n1c(=NC(=O)c2ccc(Cl)s2)sc2ccccc21. The van der Waals surface area contributed by atoms with Gasteiger partial charge < -0.3 is 9.67 Å². The minimum Gasteiger partial charge on any atom is -0.480 e. The summed E-state index contributed by atoms with van der Waals surface area (Å²) in [5.74, 6) is -1.42. The Kier molecular flexibility index (Phi) is 4.34. The Hall–Kier alpha value is -1.96. The van der Waals surface area contributed by atoms with Gasteiger partial charge in [-0.1, -0.05) is 35.1 Å². The Morgan fingerprint density at radius 3 is 2.61 bits per heavy atom. The van der Waals surface area contributed by atoms with Crippen LogP contribution in [0.25, 0.3) is 10.2 Å². The lowest BCUT2D eigenvalue weighted by Gasteiger charge is -2.09. The second kappa shape index (κ2) is 6.27. The fourth-order valence-electron chi connectivity index (χ4n) is 2.13. The molecule has 5 nitrogen and oxygen atoms in total. The maximum Gasteiger partial charge on any atom is 0.326 e. The summed E-state index contributed by atoms with van der Waals surface area (Å²) in [6.07, 6.45) is 0. The number of aromatic nitrogens is 1. The normalized spacial score (nSPS) is 13.4. The van der Waals surface area contributed by atoms with E-state index in [-0.39, 0.29) is 0 Å².